The number of carbonyl (C=O) groups is 3. The summed E-state index contributed by atoms with van der Waals surface area (Å²) in [6.07, 6.45) is 6.95. The van der Waals surface area contributed by atoms with E-state index in [1.54, 1.807) is 31.5 Å². The third-order valence-corrected chi connectivity index (χ3v) is 10.8. The molecule has 2 aliphatic rings. The Morgan fingerprint density at radius 1 is 0.979 bits per heavy atom. The lowest BCUT2D eigenvalue weighted by Crippen LogP contribution is -2.48. The minimum atomic E-state index is -4.35. The predicted molar refractivity (Wildman–Crippen MR) is 179 cm³/mol. The summed E-state index contributed by atoms with van der Waals surface area (Å²) in [6.45, 7) is 3.49. The van der Waals surface area contributed by atoms with Crippen LogP contribution in [-0.2, 0) is 36.4 Å². The summed E-state index contributed by atoms with van der Waals surface area (Å²) >= 11 is 12.6. The van der Waals surface area contributed by atoms with Crippen molar-refractivity contribution in [2.24, 2.45) is 0 Å². The zero-order chi connectivity index (χ0) is 34.2. The number of benzene rings is 2. The van der Waals surface area contributed by atoms with Gasteiger partial charge in [-0.1, -0.05) is 47.5 Å². The van der Waals surface area contributed by atoms with Crippen LogP contribution < -0.4 is 15.5 Å². The molecule has 2 aliphatic heterocycles. The molecule has 3 amide bonds. The van der Waals surface area contributed by atoms with Crippen molar-refractivity contribution in [3.05, 3.63) is 83.0 Å². The minimum Gasteiger partial charge on any atom is -0.355 e. The summed E-state index contributed by atoms with van der Waals surface area (Å²) in [5.74, 6) is -1.07. The summed E-state index contributed by atoms with van der Waals surface area (Å²) in [4.78, 5) is 52.8. The Labute approximate surface area is 287 Å². The van der Waals surface area contributed by atoms with Crippen molar-refractivity contribution < 1.29 is 22.8 Å². The number of imidazole rings is 1. The number of amides is 3. The number of nitrogens with one attached hydrogen (secondary N) is 2. The predicted octanol–water partition coefficient (Wildman–Crippen LogP) is 3.69. The van der Waals surface area contributed by atoms with Gasteiger partial charge in [-0.25, -0.2) is 28.3 Å². The summed E-state index contributed by atoms with van der Waals surface area (Å²) in [7, 11) is -4.35. The number of fused-ring (bicyclic) bond motifs is 1. The van der Waals surface area contributed by atoms with E-state index in [9.17, 15) is 22.8 Å². The summed E-state index contributed by atoms with van der Waals surface area (Å²) in [6, 6.07) is 11.2. The standard InChI is InChI=1S/C32H32Cl2N8O5S/c1-20(43)37-9-10-38-29(44)27-4-3-11-40(27)48(46,47)28-18-39-31-41(26-13-24(33)12-25(34)14-26)30(45)32(2,42(28)31)15-21-5-7-22(8-6-21)23-16-35-19-36-17-23/h5-8,12-14,16-19,27H,3-4,9-11,15H2,1-2H3,(H,37,43)(H,38,44). The molecule has 4 heterocycles. The van der Waals surface area contributed by atoms with Gasteiger partial charge in [0.25, 0.3) is 15.9 Å². The van der Waals surface area contributed by atoms with E-state index in [-0.39, 0.29) is 53.0 Å². The molecule has 0 radical (unpaired) electrons. The number of rotatable bonds is 10. The fraction of sp³-hybridized carbons (Fsp3) is 0.312. The van der Waals surface area contributed by atoms with Crippen LogP contribution in [0.25, 0.3) is 11.1 Å². The second-order valence-electron chi connectivity index (χ2n) is 11.8. The van der Waals surface area contributed by atoms with E-state index in [2.05, 4.69) is 25.6 Å². The first-order valence-electron chi connectivity index (χ1n) is 15.2. The van der Waals surface area contributed by atoms with Gasteiger partial charge in [-0.2, -0.15) is 4.31 Å². The molecule has 250 valence electrons. The molecule has 0 spiro atoms. The van der Waals surface area contributed by atoms with E-state index in [0.29, 0.717) is 18.5 Å². The van der Waals surface area contributed by atoms with E-state index < -0.39 is 33.4 Å². The van der Waals surface area contributed by atoms with Crippen LogP contribution in [0.2, 0.25) is 10.0 Å². The van der Waals surface area contributed by atoms with Gasteiger partial charge in [0, 0.05) is 61.0 Å². The first-order valence-corrected chi connectivity index (χ1v) is 17.4. The highest BCUT2D eigenvalue weighted by Crippen LogP contribution is 2.45. The number of sulfonamides is 1. The van der Waals surface area contributed by atoms with Crippen molar-refractivity contribution in [3.63, 3.8) is 0 Å². The van der Waals surface area contributed by atoms with Crippen LogP contribution in [0, 0.1) is 0 Å². The molecule has 16 heteroatoms. The quantitative estimate of drug-likeness (QED) is 0.236. The van der Waals surface area contributed by atoms with Crippen LogP contribution in [0.15, 0.2) is 72.4 Å². The van der Waals surface area contributed by atoms with Gasteiger partial charge >= 0.3 is 0 Å². The van der Waals surface area contributed by atoms with Gasteiger partial charge in [0.1, 0.15) is 17.9 Å². The molecule has 2 unspecified atom stereocenters. The van der Waals surface area contributed by atoms with Crippen LogP contribution >= 0.6 is 23.2 Å². The van der Waals surface area contributed by atoms with E-state index in [0.717, 1.165) is 21.0 Å². The number of hydrogen-bond donors (Lipinski definition) is 2. The number of nitrogens with zero attached hydrogens (tertiary/aromatic N) is 6. The number of carbonyl (C=O) groups excluding carboxylic acids is 3. The van der Waals surface area contributed by atoms with E-state index in [4.69, 9.17) is 23.2 Å². The molecule has 2 N–H and O–H groups in total. The fourth-order valence-corrected chi connectivity index (χ4v) is 8.59. The highest BCUT2D eigenvalue weighted by molar-refractivity contribution is 7.89. The second kappa shape index (κ2) is 13.3. The molecule has 2 aromatic heterocycles. The monoisotopic (exact) mass is 710 g/mol. The maximum absolute atomic E-state index is 14.5. The second-order valence-corrected chi connectivity index (χ2v) is 14.5. The lowest BCUT2D eigenvalue weighted by atomic mass is 9.91. The van der Waals surface area contributed by atoms with Gasteiger partial charge < -0.3 is 10.6 Å². The Morgan fingerprint density at radius 2 is 1.65 bits per heavy atom. The largest absolute Gasteiger partial charge is 0.355 e. The Bertz CT molecular complexity index is 1970. The Kier molecular flexibility index (Phi) is 9.27. The maximum Gasteiger partial charge on any atom is 0.261 e. The molecule has 1 fully saturated rings. The van der Waals surface area contributed by atoms with Gasteiger partial charge in [-0.15, -0.1) is 0 Å². The highest BCUT2D eigenvalue weighted by Gasteiger charge is 2.53. The van der Waals surface area contributed by atoms with Crippen molar-refractivity contribution in [3.8, 4) is 11.1 Å². The molecule has 0 saturated carbocycles. The first kappa shape index (κ1) is 33.5. The maximum atomic E-state index is 14.5. The third kappa shape index (κ3) is 6.28. The Balaban J connectivity index is 1.38. The van der Waals surface area contributed by atoms with Gasteiger partial charge in [0.05, 0.1) is 11.9 Å². The zero-order valence-corrected chi connectivity index (χ0v) is 28.4. The number of anilines is 2. The summed E-state index contributed by atoms with van der Waals surface area (Å²) < 4.78 is 31.5. The number of hydrogen-bond acceptors (Lipinski definition) is 8. The lowest BCUT2D eigenvalue weighted by Gasteiger charge is -2.29. The van der Waals surface area contributed by atoms with Crippen molar-refractivity contribution in [2.75, 3.05) is 24.5 Å². The van der Waals surface area contributed by atoms with Crippen molar-refractivity contribution in [1.29, 1.82) is 0 Å². The smallest absolute Gasteiger partial charge is 0.261 e. The molecule has 0 aliphatic carbocycles. The topological polar surface area (TPSA) is 159 Å². The molecule has 48 heavy (non-hydrogen) atoms. The molecule has 1 saturated heterocycles. The van der Waals surface area contributed by atoms with Crippen LogP contribution in [-0.4, -0.2) is 75.6 Å². The van der Waals surface area contributed by atoms with E-state index in [1.807, 2.05) is 24.3 Å². The molecular formula is C32H32Cl2N8O5S. The molecule has 13 nitrogen and oxygen atoms in total. The molecule has 4 aromatic rings. The molecule has 0 bridgehead atoms. The van der Waals surface area contributed by atoms with Crippen molar-refractivity contribution in [1.82, 2.24) is 34.5 Å². The van der Waals surface area contributed by atoms with E-state index >= 15 is 0 Å². The van der Waals surface area contributed by atoms with Crippen LogP contribution in [0.1, 0.15) is 32.3 Å². The summed E-state index contributed by atoms with van der Waals surface area (Å²) in [5.41, 5.74) is 1.32. The average molecular weight is 712 g/mol. The molecular weight excluding hydrogens is 679 g/mol. The molecule has 2 atom stereocenters. The number of halogens is 2. The van der Waals surface area contributed by atoms with Crippen LogP contribution in [0.4, 0.5) is 11.6 Å². The summed E-state index contributed by atoms with van der Waals surface area (Å²) in [5, 5.41) is 5.66. The van der Waals surface area contributed by atoms with Gasteiger partial charge in [-0.3, -0.25) is 19.0 Å². The van der Waals surface area contributed by atoms with Gasteiger partial charge in [-0.05, 0) is 49.1 Å². The Morgan fingerprint density at radius 3 is 2.31 bits per heavy atom. The fourth-order valence-electron chi connectivity index (χ4n) is 6.23. The van der Waals surface area contributed by atoms with Crippen LogP contribution in [0.3, 0.4) is 0 Å². The average Bonchev–Trinajstić information content (AvgIpc) is 3.77. The lowest BCUT2D eigenvalue weighted by molar-refractivity contribution is -0.125. The van der Waals surface area contributed by atoms with Gasteiger partial charge in [0.2, 0.25) is 17.8 Å². The van der Waals surface area contributed by atoms with Crippen molar-refractivity contribution >= 4 is 62.6 Å². The SMILES string of the molecule is CC(=O)NCCNC(=O)C1CCCN1S(=O)(=O)c1cnc2n1C(C)(Cc1ccc(-c3cncnc3)cc1)C(=O)N2c1cc(Cl)cc(Cl)c1. The molecule has 6 rings (SSSR count). The Hall–Kier alpha value is -4.37. The first-order chi connectivity index (χ1) is 22.9. The number of aromatic nitrogens is 4. The highest BCUT2D eigenvalue weighted by atomic mass is 35.5. The third-order valence-electron chi connectivity index (χ3n) is 8.45. The van der Waals surface area contributed by atoms with Crippen LogP contribution in [0.5, 0.6) is 0 Å². The van der Waals surface area contributed by atoms with Crippen molar-refractivity contribution in [2.45, 2.75) is 49.7 Å². The zero-order valence-electron chi connectivity index (χ0n) is 26.1. The minimum absolute atomic E-state index is 0.0768. The van der Waals surface area contributed by atoms with E-state index in [1.165, 1.54) is 35.0 Å². The van der Waals surface area contributed by atoms with Gasteiger partial charge in [0.15, 0.2) is 5.03 Å². The normalized spacial score (nSPS) is 19.4. The molecule has 2 aromatic carbocycles.